The van der Waals surface area contributed by atoms with E-state index in [2.05, 4.69) is 20.5 Å². The number of aromatic carboxylic acids is 2. The monoisotopic (exact) mass is 695 g/mol. The Hall–Kier alpha value is -5.39. The number of azo groups is 2. The Morgan fingerprint density at radius 2 is 1.04 bits per heavy atom. The number of rotatable bonds is 9. The molecule has 22 heteroatoms. The number of fused-ring (bicyclic) bond motifs is 1. The number of nitrogen functional groups attached to an aromatic ring is 1. The van der Waals surface area contributed by atoms with Gasteiger partial charge in [-0.05, 0) is 54.6 Å². The summed E-state index contributed by atoms with van der Waals surface area (Å²) >= 11 is 0. The molecule has 4 rings (SSSR count). The Bertz CT molecular complexity index is 2370. The molecular weight excluding hydrogens is 678 g/mol. The molecule has 46 heavy (non-hydrogen) atoms. The maximum absolute atomic E-state index is 12.3. The van der Waals surface area contributed by atoms with E-state index in [4.69, 9.17) is 5.73 Å². The van der Waals surface area contributed by atoms with E-state index < -0.39 is 90.9 Å². The lowest BCUT2D eigenvalue weighted by molar-refractivity contribution is 0.0686. The van der Waals surface area contributed by atoms with Crippen LogP contribution in [0.4, 0.5) is 28.4 Å². The molecule has 0 atom stereocenters. The minimum absolute atomic E-state index is 0.206. The van der Waals surface area contributed by atoms with Gasteiger partial charge in [0.25, 0.3) is 30.4 Å². The normalized spacial score (nSPS) is 12.7. The third-order valence-corrected chi connectivity index (χ3v) is 8.59. The average Bonchev–Trinajstić information content (AvgIpc) is 2.94. The van der Waals surface area contributed by atoms with Gasteiger partial charge in [0.1, 0.15) is 27.6 Å². The molecule has 0 aliphatic carbocycles. The molecule has 0 saturated carbocycles. The molecule has 0 amide bonds. The fourth-order valence-corrected chi connectivity index (χ4v) is 5.56. The van der Waals surface area contributed by atoms with E-state index >= 15 is 0 Å². The van der Waals surface area contributed by atoms with Crippen molar-refractivity contribution >= 4 is 81.5 Å². The van der Waals surface area contributed by atoms with Gasteiger partial charge in [0.05, 0.1) is 26.6 Å². The fourth-order valence-electron chi connectivity index (χ4n) is 3.90. The first-order valence-electron chi connectivity index (χ1n) is 11.8. The quantitative estimate of drug-likeness (QED) is 0.0736. The molecule has 8 N–H and O–H groups in total. The van der Waals surface area contributed by atoms with Crippen LogP contribution in [0.25, 0.3) is 10.8 Å². The van der Waals surface area contributed by atoms with Crippen LogP contribution >= 0.6 is 0 Å². The van der Waals surface area contributed by atoms with Gasteiger partial charge in [0, 0.05) is 10.8 Å². The molecule has 0 spiro atoms. The molecule has 0 aliphatic rings. The van der Waals surface area contributed by atoms with Gasteiger partial charge >= 0.3 is 11.9 Å². The molecule has 0 fully saturated rings. The number of anilines is 1. The molecule has 0 aliphatic heterocycles. The number of nitrogens with zero attached hydrogens (tertiary/aromatic N) is 4. The molecule has 240 valence electrons. The van der Waals surface area contributed by atoms with Crippen molar-refractivity contribution < 1.29 is 63.8 Å². The van der Waals surface area contributed by atoms with Crippen LogP contribution in [0.3, 0.4) is 0 Å². The summed E-state index contributed by atoms with van der Waals surface area (Å²) in [6, 6.07) is 7.52. The minimum Gasteiger partial charge on any atom is -0.505 e. The number of carboxylic acids is 2. The Balaban J connectivity index is 1.93. The number of hydrogen-bond acceptors (Lipinski definition) is 14. The summed E-state index contributed by atoms with van der Waals surface area (Å²) < 4.78 is 98.6. The topological polar surface area (TPSA) is 333 Å². The number of nitrogens with two attached hydrogens (primary N) is 1. The van der Waals surface area contributed by atoms with Crippen molar-refractivity contribution in [2.45, 2.75) is 14.7 Å². The summed E-state index contributed by atoms with van der Waals surface area (Å²) in [4.78, 5) is 20.7. The van der Waals surface area contributed by atoms with E-state index in [-0.39, 0.29) is 22.1 Å². The van der Waals surface area contributed by atoms with Gasteiger partial charge in [-0.15, -0.1) is 20.5 Å². The third-order valence-electron chi connectivity index (χ3n) is 6.02. The van der Waals surface area contributed by atoms with Crippen LogP contribution in [0.2, 0.25) is 0 Å². The third kappa shape index (κ3) is 6.80. The van der Waals surface area contributed by atoms with Gasteiger partial charge in [-0.1, -0.05) is 0 Å². The van der Waals surface area contributed by atoms with Crippen molar-refractivity contribution in [3.05, 3.63) is 65.7 Å². The Labute approximate surface area is 257 Å². The average molecular weight is 696 g/mol. The van der Waals surface area contributed by atoms with Gasteiger partial charge in [-0.2, -0.15) is 25.3 Å². The summed E-state index contributed by atoms with van der Waals surface area (Å²) in [6.07, 6.45) is 0. The number of benzene rings is 4. The van der Waals surface area contributed by atoms with Gasteiger partial charge in [-0.3, -0.25) is 13.7 Å². The number of aromatic hydroxyl groups is 1. The number of phenolic OH excluding ortho intramolecular Hbond substituents is 1. The Morgan fingerprint density at radius 1 is 0.587 bits per heavy atom. The predicted octanol–water partition coefficient (Wildman–Crippen LogP) is 4.09. The number of carbonyl (C=O) groups is 2. The Morgan fingerprint density at radius 3 is 1.46 bits per heavy atom. The first kappa shape index (κ1) is 33.5. The molecule has 0 heterocycles. The second-order valence-electron chi connectivity index (χ2n) is 8.96. The maximum atomic E-state index is 12.3. The molecule has 19 nitrogen and oxygen atoms in total. The molecule has 4 aromatic carbocycles. The molecular formula is C24H17N5O14S3. The smallest absolute Gasteiger partial charge is 0.338 e. The standard InChI is InChI=1S/C24H17N5O14S3/c25-16-4-3-12-13(20(16)28-26-17-5-1-10(44(35,36)37)7-14(17)23(31)32)9-19(46(41,42)43)21(22(12)30)29-27-18-6-2-11(45(38,39)40)8-15(18)24(33)34/h1-9,30H,25H2,(H,31,32)(H,33,34)(H,35,36,37)(H,38,39,40)(H,41,42,43)/b28-26+,29-27?. The summed E-state index contributed by atoms with van der Waals surface area (Å²) in [7, 11) is -14.9. The van der Waals surface area contributed by atoms with Crippen molar-refractivity contribution in [3.63, 3.8) is 0 Å². The van der Waals surface area contributed by atoms with E-state index in [1.54, 1.807) is 0 Å². The highest BCUT2D eigenvalue weighted by Gasteiger charge is 2.25. The van der Waals surface area contributed by atoms with Crippen LogP contribution in [0.15, 0.2) is 89.7 Å². The van der Waals surface area contributed by atoms with E-state index in [0.717, 1.165) is 30.3 Å². The van der Waals surface area contributed by atoms with Gasteiger partial charge in [0.15, 0.2) is 5.75 Å². The van der Waals surface area contributed by atoms with E-state index in [9.17, 15) is 63.8 Å². The Kier molecular flexibility index (Phi) is 8.63. The molecule has 0 aromatic heterocycles. The van der Waals surface area contributed by atoms with Crippen molar-refractivity contribution in [3.8, 4) is 5.75 Å². The lowest BCUT2D eigenvalue weighted by Gasteiger charge is -2.12. The molecule has 0 saturated heterocycles. The zero-order valence-corrected chi connectivity index (χ0v) is 24.7. The van der Waals surface area contributed by atoms with Crippen molar-refractivity contribution in [1.29, 1.82) is 0 Å². The largest absolute Gasteiger partial charge is 0.505 e. The van der Waals surface area contributed by atoms with E-state index in [1.807, 2.05) is 0 Å². The number of hydrogen-bond donors (Lipinski definition) is 7. The van der Waals surface area contributed by atoms with Crippen LogP contribution in [0.5, 0.6) is 5.75 Å². The van der Waals surface area contributed by atoms with Crippen LogP contribution < -0.4 is 5.73 Å². The van der Waals surface area contributed by atoms with E-state index in [0.29, 0.717) is 12.1 Å². The highest BCUT2D eigenvalue weighted by atomic mass is 32.2. The lowest BCUT2D eigenvalue weighted by atomic mass is 10.1. The maximum Gasteiger partial charge on any atom is 0.338 e. The minimum atomic E-state index is -5.25. The second kappa shape index (κ2) is 11.8. The van der Waals surface area contributed by atoms with Crippen LogP contribution in [0.1, 0.15) is 20.7 Å². The van der Waals surface area contributed by atoms with Gasteiger partial charge in [0.2, 0.25) is 0 Å². The number of phenols is 1. The van der Waals surface area contributed by atoms with Crippen LogP contribution in [0, 0.1) is 0 Å². The summed E-state index contributed by atoms with van der Waals surface area (Å²) in [6.45, 7) is 0. The van der Waals surface area contributed by atoms with Gasteiger partial charge < -0.3 is 21.1 Å². The van der Waals surface area contributed by atoms with Crippen molar-refractivity contribution in [1.82, 2.24) is 0 Å². The SMILES string of the molecule is Nc1ccc2c(O)c(N=Nc3ccc(S(=O)(=O)O)cc3C(=O)O)c(S(=O)(=O)O)cc2c1/N=N/c1ccc(S(=O)(=O)O)cc1C(=O)O. The first-order valence-corrected chi connectivity index (χ1v) is 16.1. The first-order chi connectivity index (χ1) is 21.2. The fraction of sp³-hybridized carbons (Fsp3) is 0. The van der Waals surface area contributed by atoms with Crippen LogP contribution in [-0.2, 0) is 30.4 Å². The summed E-state index contributed by atoms with van der Waals surface area (Å²) in [5.74, 6) is -4.34. The highest BCUT2D eigenvalue weighted by molar-refractivity contribution is 7.86. The van der Waals surface area contributed by atoms with Crippen molar-refractivity contribution in [2.75, 3.05) is 5.73 Å². The summed E-state index contributed by atoms with van der Waals surface area (Å²) in [5, 5.41) is 44.1. The predicted molar refractivity (Wildman–Crippen MR) is 155 cm³/mol. The number of carboxylic acid groups (broad SMARTS) is 2. The zero-order valence-electron chi connectivity index (χ0n) is 22.2. The molecule has 0 bridgehead atoms. The zero-order chi connectivity index (χ0) is 34.4. The van der Waals surface area contributed by atoms with E-state index in [1.165, 1.54) is 12.1 Å². The molecule has 0 unspecified atom stereocenters. The molecule has 0 radical (unpaired) electrons. The highest BCUT2D eigenvalue weighted by Crippen LogP contribution is 2.46. The summed E-state index contributed by atoms with van der Waals surface area (Å²) in [5.41, 5.74) is 1.98. The van der Waals surface area contributed by atoms with Crippen LogP contribution in [-0.4, -0.2) is 66.2 Å². The van der Waals surface area contributed by atoms with Crippen molar-refractivity contribution in [2.24, 2.45) is 20.5 Å². The van der Waals surface area contributed by atoms with Gasteiger partial charge in [-0.25, -0.2) is 9.59 Å². The lowest BCUT2D eigenvalue weighted by Crippen LogP contribution is -2.03. The molecule has 4 aromatic rings. The second-order valence-corrected chi connectivity index (χ2v) is 13.2.